The van der Waals surface area contributed by atoms with E-state index in [1.54, 1.807) is 0 Å². The van der Waals surface area contributed by atoms with Gasteiger partial charge in [-0.25, -0.2) is 4.98 Å². The van der Waals surface area contributed by atoms with Crippen molar-refractivity contribution in [3.05, 3.63) is 132 Å². The van der Waals surface area contributed by atoms with Crippen molar-refractivity contribution in [3.8, 4) is 34.1 Å². The van der Waals surface area contributed by atoms with Gasteiger partial charge < -0.3 is 9.30 Å². The van der Waals surface area contributed by atoms with E-state index in [1.165, 1.54) is 27.8 Å². The standard InChI is InChI=1S/C40H36N4O.Pt/c1-6-29-19-27(4)40(28(5)20-29)31-24-42-43(25-31)32-10-9-11-33(22-32)45-34-14-15-36-35-12-7-8-13-37(35)44(38(36)23-34)39-21-30(16-17-41-39)18-26(2)3;/h7-17,19-21,24-26H,6,18H2,1-5H3;/q-2;+2. The molecule has 0 radical (unpaired) electrons. The van der Waals surface area contributed by atoms with Crippen LogP contribution < -0.4 is 4.74 Å². The minimum atomic E-state index is 0. The third-order valence-electron chi connectivity index (χ3n) is 8.33. The first-order valence-corrected chi connectivity index (χ1v) is 15.6. The van der Waals surface area contributed by atoms with E-state index in [4.69, 9.17) is 9.72 Å². The fraction of sp³-hybridized carbons (Fsp3) is 0.200. The van der Waals surface area contributed by atoms with Crippen LogP contribution in [0.25, 0.3) is 44.4 Å². The van der Waals surface area contributed by atoms with Crippen LogP contribution in [0.5, 0.6) is 11.5 Å². The van der Waals surface area contributed by atoms with Crippen molar-refractivity contribution in [1.29, 1.82) is 0 Å². The van der Waals surface area contributed by atoms with Gasteiger partial charge in [0.25, 0.3) is 0 Å². The molecule has 0 fully saturated rings. The van der Waals surface area contributed by atoms with E-state index in [2.05, 4.69) is 117 Å². The number of pyridine rings is 1. The Hall–Kier alpha value is -4.47. The second-order valence-corrected chi connectivity index (χ2v) is 12.2. The van der Waals surface area contributed by atoms with Gasteiger partial charge in [-0.2, -0.15) is 17.2 Å². The van der Waals surface area contributed by atoms with Crippen molar-refractivity contribution in [2.45, 2.75) is 47.5 Å². The first-order chi connectivity index (χ1) is 21.9. The summed E-state index contributed by atoms with van der Waals surface area (Å²) in [6.45, 7) is 11.0. The number of nitrogens with zero attached hydrogens (tertiary/aromatic N) is 4. The Morgan fingerprint density at radius 3 is 2.39 bits per heavy atom. The molecule has 0 saturated heterocycles. The van der Waals surface area contributed by atoms with Crippen molar-refractivity contribution in [2.24, 2.45) is 5.92 Å². The molecule has 4 aromatic carbocycles. The van der Waals surface area contributed by atoms with Gasteiger partial charge >= 0.3 is 21.1 Å². The molecule has 0 amide bonds. The molecular weight excluding hydrogens is 748 g/mol. The predicted molar refractivity (Wildman–Crippen MR) is 183 cm³/mol. The SMILES string of the molecule is CCc1cc(C)c(-c2cnn(-c3[c-]c(Oc4[c-]c5c(cc4)c4ccccc4n5-c4cc(CC(C)C)ccn4)ccc3)c2)c(C)c1.[Pt+2]. The van der Waals surface area contributed by atoms with Crippen LogP contribution in [-0.4, -0.2) is 19.3 Å². The molecule has 0 aliphatic carbocycles. The van der Waals surface area contributed by atoms with Gasteiger partial charge in [-0.1, -0.05) is 56.6 Å². The van der Waals surface area contributed by atoms with E-state index in [1.807, 2.05) is 41.3 Å². The monoisotopic (exact) mass is 783 g/mol. The van der Waals surface area contributed by atoms with Crippen LogP contribution in [-0.2, 0) is 33.9 Å². The summed E-state index contributed by atoms with van der Waals surface area (Å²) in [6.07, 6.45) is 7.91. The smallest absolute Gasteiger partial charge is 0.509 e. The van der Waals surface area contributed by atoms with Crippen LogP contribution >= 0.6 is 0 Å². The van der Waals surface area contributed by atoms with E-state index in [0.29, 0.717) is 17.4 Å². The molecule has 0 N–H and O–H groups in total. The van der Waals surface area contributed by atoms with Crippen molar-refractivity contribution >= 4 is 21.8 Å². The maximum atomic E-state index is 6.38. The summed E-state index contributed by atoms with van der Waals surface area (Å²) in [7, 11) is 0. The molecule has 0 saturated carbocycles. The first-order valence-electron chi connectivity index (χ1n) is 15.6. The van der Waals surface area contributed by atoms with Gasteiger partial charge in [-0.3, -0.25) is 4.68 Å². The van der Waals surface area contributed by atoms with Crippen molar-refractivity contribution in [2.75, 3.05) is 0 Å². The van der Waals surface area contributed by atoms with Crippen LogP contribution in [0.1, 0.15) is 43.0 Å². The normalized spacial score (nSPS) is 11.3. The summed E-state index contributed by atoms with van der Waals surface area (Å²) in [5.41, 5.74) is 10.3. The Balaban J connectivity index is 0.00000372. The molecule has 6 heteroatoms. The quantitative estimate of drug-likeness (QED) is 0.144. The molecule has 0 aliphatic rings. The first kappa shape index (κ1) is 31.5. The minimum Gasteiger partial charge on any atom is -0.509 e. The number of hydrogen-bond donors (Lipinski definition) is 0. The van der Waals surface area contributed by atoms with E-state index in [-0.39, 0.29) is 21.1 Å². The van der Waals surface area contributed by atoms with Gasteiger partial charge in [-0.15, -0.1) is 35.7 Å². The molecule has 0 unspecified atom stereocenters. The van der Waals surface area contributed by atoms with Crippen LogP contribution in [0.4, 0.5) is 0 Å². The molecule has 0 atom stereocenters. The Morgan fingerprint density at radius 1 is 0.826 bits per heavy atom. The number of hydrogen-bond acceptors (Lipinski definition) is 3. The van der Waals surface area contributed by atoms with Gasteiger partial charge in [0.05, 0.1) is 6.20 Å². The second kappa shape index (κ2) is 13.1. The predicted octanol–water partition coefficient (Wildman–Crippen LogP) is 9.80. The van der Waals surface area contributed by atoms with Crippen LogP contribution in [0.2, 0.25) is 0 Å². The van der Waals surface area contributed by atoms with Crippen LogP contribution in [0.15, 0.2) is 97.5 Å². The number of para-hydroxylation sites is 1. The number of rotatable bonds is 8. The maximum absolute atomic E-state index is 6.38. The number of ether oxygens (including phenoxy) is 1. The zero-order chi connectivity index (χ0) is 31.1. The average molecular weight is 784 g/mol. The van der Waals surface area contributed by atoms with Gasteiger partial charge in [-0.05, 0) is 89.7 Å². The van der Waals surface area contributed by atoms with Gasteiger partial charge in [0.1, 0.15) is 5.82 Å². The summed E-state index contributed by atoms with van der Waals surface area (Å²) in [5, 5.41) is 6.94. The number of aryl methyl sites for hydroxylation is 3. The summed E-state index contributed by atoms with van der Waals surface area (Å²) in [6, 6.07) is 34.2. The number of benzene rings is 4. The molecular formula is C40H36N4OPt. The molecule has 5 nitrogen and oxygen atoms in total. The van der Waals surface area contributed by atoms with Crippen molar-refractivity contribution in [1.82, 2.24) is 19.3 Å². The molecule has 3 heterocycles. The number of fused-ring (bicyclic) bond motifs is 3. The van der Waals surface area contributed by atoms with Crippen molar-refractivity contribution in [3.63, 3.8) is 0 Å². The summed E-state index contributed by atoms with van der Waals surface area (Å²) >= 11 is 0. The molecule has 0 aliphatic heterocycles. The van der Waals surface area contributed by atoms with Gasteiger partial charge in [0, 0.05) is 35.0 Å². The maximum Gasteiger partial charge on any atom is 2.00 e. The summed E-state index contributed by atoms with van der Waals surface area (Å²) in [4.78, 5) is 4.78. The molecule has 232 valence electrons. The van der Waals surface area contributed by atoms with E-state index >= 15 is 0 Å². The zero-order valence-corrected chi connectivity index (χ0v) is 29.0. The van der Waals surface area contributed by atoms with Gasteiger partial charge in [0.2, 0.25) is 0 Å². The Morgan fingerprint density at radius 2 is 1.61 bits per heavy atom. The molecule has 3 aromatic heterocycles. The third-order valence-corrected chi connectivity index (χ3v) is 8.33. The third kappa shape index (κ3) is 6.04. The van der Waals surface area contributed by atoms with Gasteiger partial charge in [0.15, 0.2) is 0 Å². The minimum absolute atomic E-state index is 0. The number of aromatic nitrogens is 4. The summed E-state index contributed by atoms with van der Waals surface area (Å²) < 4.78 is 10.4. The Labute approximate surface area is 285 Å². The van der Waals surface area contributed by atoms with Crippen molar-refractivity contribution < 1.29 is 25.8 Å². The summed E-state index contributed by atoms with van der Waals surface area (Å²) in [5.74, 6) is 2.65. The molecule has 0 bridgehead atoms. The van der Waals surface area contributed by atoms with E-state index in [9.17, 15) is 0 Å². The molecule has 46 heavy (non-hydrogen) atoms. The van der Waals surface area contributed by atoms with E-state index in [0.717, 1.165) is 51.7 Å². The molecule has 7 rings (SSSR count). The fourth-order valence-electron chi connectivity index (χ4n) is 6.40. The zero-order valence-electron chi connectivity index (χ0n) is 26.7. The van der Waals surface area contributed by atoms with Crippen LogP contribution in [0, 0.1) is 31.9 Å². The van der Waals surface area contributed by atoms with Crippen LogP contribution in [0.3, 0.4) is 0 Å². The molecule has 0 spiro atoms. The topological polar surface area (TPSA) is 44.9 Å². The fourth-order valence-corrected chi connectivity index (χ4v) is 6.40. The average Bonchev–Trinajstić information content (AvgIpc) is 3.64. The largest absolute Gasteiger partial charge is 2.00 e. The Kier molecular flexibility index (Phi) is 8.97. The Bertz CT molecular complexity index is 2150. The second-order valence-electron chi connectivity index (χ2n) is 12.2. The molecule has 7 aromatic rings. The van der Waals surface area contributed by atoms with E-state index < -0.39 is 0 Å².